The lowest BCUT2D eigenvalue weighted by atomic mass is 10.1. The molecule has 0 aliphatic heterocycles. The summed E-state index contributed by atoms with van der Waals surface area (Å²) in [6.45, 7) is 3.35. The van der Waals surface area contributed by atoms with E-state index in [2.05, 4.69) is 92.1 Å². The molecule has 55 heavy (non-hydrogen) atoms. The van der Waals surface area contributed by atoms with E-state index >= 15 is 0 Å². The third kappa shape index (κ3) is 42.4. The maximum atomic E-state index is 12.1. The van der Waals surface area contributed by atoms with E-state index in [1.165, 1.54) is 57.8 Å². The van der Waals surface area contributed by atoms with Crippen molar-refractivity contribution in [1.29, 1.82) is 0 Å². The largest absolute Gasteiger partial charge is 0.472 e. The summed E-state index contributed by atoms with van der Waals surface area (Å²) >= 11 is 0. The van der Waals surface area contributed by atoms with Crippen molar-refractivity contribution < 1.29 is 37.9 Å². The van der Waals surface area contributed by atoms with Gasteiger partial charge in [-0.1, -0.05) is 145 Å². The van der Waals surface area contributed by atoms with E-state index in [9.17, 15) is 24.2 Å². The second kappa shape index (κ2) is 41.1. The monoisotopic (exact) mass is 792 g/mol. The standard InChI is InChI=1S/C45H78NO8P/c1-3-5-7-9-11-13-15-17-18-19-20-21-22-23-24-26-27-29-31-33-35-37-44(48)46-39-40-53-55(50,51)54-42-43(47)41-52-45(49)38-36-34-32-30-28-25-16-14-12-10-8-6-4-2/h6,8,11-14,17-18,20-21,25,28,43,47H,3-5,7,9-10,15-16,19,22-24,26-27,29-42H2,1-2H3,(H,46,48)(H,50,51)/b8-6-,13-11-,14-12-,18-17-,21-20-,28-25-. The Morgan fingerprint density at radius 1 is 0.582 bits per heavy atom. The van der Waals surface area contributed by atoms with Crippen LogP contribution in [0.25, 0.3) is 0 Å². The van der Waals surface area contributed by atoms with Crippen LogP contribution in [0.1, 0.15) is 168 Å². The zero-order valence-electron chi connectivity index (χ0n) is 34.6. The van der Waals surface area contributed by atoms with E-state index in [4.69, 9.17) is 13.8 Å². The zero-order valence-corrected chi connectivity index (χ0v) is 35.5. The van der Waals surface area contributed by atoms with Crippen molar-refractivity contribution in [3.05, 3.63) is 72.9 Å². The molecule has 0 bridgehead atoms. The van der Waals surface area contributed by atoms with Crippen molar-refractivity contribution in [2.24, 2.45) is 0 Å². The van der Waals surface area contributed by atoms with Crippen LogP contribution in [0.15, 0.2) is 72.9 Å². The topological polar surface area (TPSA) is 131 Å². The van der Waals surface area contributed by atoms with Crippen LogP contribution in [0.5, 0.6) is 0 Å². The van der Waals surface area contributed by atoms with E-state index in [1.807, 2.05) is 0 Å². The molecule has 0 saturated heterocycles. The van der Waals surface area contributed by atoms with Gasteiger partial charge in [0.1, 0.15) is 12.7 Å². The molecule has 0 radical (unpaired) electrons. The molecule has 0 aromatic carbocycles. The van der Waals surface area contributed by atoms with Crippen LogP contribution in [-0.4, -0.2) is 54.3 Å². The Morgan fingerprint density at radius 3 is 1.58 bits per heavy atom. The number of aliphatic hydroxyl groups excluding tert-OH is 1. The molecular weight excluding hydrogens is 713 g/mol. The second-order valence-electron chi connectivity index (χ2n) is 13.9. The SMILES string of the molecule is CC/C=C\C/C=C\C/C=C\CCCCCC(=O)OCC(O)COP(=O)(O)OCCNC(=O)CCCCCCCCCC/C=C\C/C=C\C/C=C\CCCCC. The molecule has 0 spiro atoms. The number of amides is 1. The highest BCUT2D eigenvalue weighted by molar-refractivity contribution is 7.47. The summed E-state index contributed by atoms with van der Waals surface area (Å²) in [7, 11) is -4.43. The summed E-state index contributed by atoms with van der Waals surface area (Å²) in [5, 5.41) is 12.7. The maximum Gasteiger partial charge on any atom is 0.472 e. The predicted molar refractivity (Wildman–Crippen MR) is 229 cm³/mol. The highest BCUT2D eigenvalue weighted by Gasteiger charge is 2.23. The first-order valence-electron chi connectivity index (χ1n) is 21.4. The number of carbonyl (C=O) groups excluding carboxylic acids is 2. The van der Waals surface area contributed by atoms with Crippen molar-refractivity contribution in [2.45, 2.75) is 174 Å². The van der Waals surface area contributed by atoms with Gasteiger partial charge in [-0.05, 0) is 83.5 Å². The van der Waals surface area contributed by atoms with Crippen molar-refractivity contribution in [2.75, 3.05) is 26.4 Å². The Morgan fingerprint density at radius 2 is 1.04 bits per heavy atom. The zero-order chi connectivity index (χ0) is 40.3. The van der Waals surface area contributed by atoms with Gasteiger partial charge < -0.3 is 20.1 Å². The Kier molecular flexibility index (Phi) is 39.2. The number of phosphoric acid groups is 1. The van der Waals surface area contributed by atoms with Gasteiger partial charge in [-0.2, -0.15) is 0 Å². The summed E-state index contributed by atoms with van der Waals surface area (Å²) in [6, 6.07) is 0. The molecule has 0 aliphatic carbocycles. The summed E-state index contributed by atoms with van der Waals surface area (Å²) in [5.41, 5.74) is 0. The van der Waals surface area contributed by atoms with Crippen LogP contribution in [0.4, 0.5) is 0 Å². The minimum atomic E-state index is -4.43. The molecule has 0 aromatic heterocycles. The van der Waals surface area contributed by atoms with E-state index in [1.54, 1.807) is 0 Å². The molecule has 0 fully saturated rings. The Hall–Kier alpha value is -2.55. The molecular formula is C45H78NO8P. The number of unbranched alkanes of at least 4 members (excludes halogenated alkanes) is 14. The highest BCUT2D eigenvalue weighted by Crippen LogP contribution is 2.42. The van der Waals surface area contributed by atoms with Gasteiger partial charge in [0.2, 0.25) is 5.91 Å². The predicted octanol–water partition coefficient (Wildman–Crippen LogP) is 11.9. The van der Waals surface area contributed by atoms with Crippen molar-refractivity contribution in [3.63, 3.8) is 0 Å². The van der Waals surface area contributed by atoms with Gasteiger partial charge in [0.15, 0.2) is 0 Å². The van der Waals surface area contributed by atoms with E-state index in [0.29, 0.717) is 12.8 Å². The molecule has 0 rings (SSSR count). The number of nitrogens with one attached hydrogen (secondary N) is 1. The molecule has 0 aliphatic rings. The number of hydrogen-bond donors (Lipinski definition) is 3. The molecule has 0 aromatic rings. The van der Waals surface area contributed by atoms with Crippen LogP contribution in [0, 0.1) is 0 Å². The fourth-order valence-electron chi connectivity index (χ4n) is 5.40. The van der Waals surface area contributed by atoms with Gasteiger partial charge >= 0.3 is 13.8 Å². The van der Waals surface area contributed by atoms with Crippen molar-refractivity contribution >= 4 is 19.7 Å². The smallest absolute Gasteiger partial charge is 0.463 e. The van der Waals surface area contributed by atoms with Gasteiger partial charge in [0.05, 0.1) is 13.2 Å². The van der Waals surface area contributed by atoms with Crippen LogP contribution < -0.4 is 5.32 Å². The number of ether oxygens (including phenoxy) is 1. The number of aliphatic hydroxyl groups is 1. The first-order valence-corrected chi connectivity index (χ1v) is 22.9. The van der Waals surface area contributed by atoms with Crippen LogP contribution in [0.2, 0.25) is 0 Å². The lowest BCUT2D eigenvalue weighted by Gasteiger charge is -2.15. The van der Waals surface area contributed by atoms with Gasteiger partial charge in [-0.15, -0.1) is 0 Å². The van der Waals surface area contributed by atoms with Gasteiger partial charge in [0.25, 0.3) is 0 Å². The highest BCUT2D eigenvalue weighted by atomic mass is 31.2. The molecule has 2 unspecified atom stereocenters. The fraction of sp³-hybridized carbons (Fsp3) is 0.689. The van der Waals surface area contributed by atoms with Gasteiger partial charge in [-0.3, -0.25) is 18.6 Å². The number of rotatable bonds is 39. The minimum absolute atomic E-state index is 0.0699. The van der Waals surface area contributed by atoms with Crippen molar-refractivity contribution in [3.8, 4) is 0 Å². The Balaban J connectivity index is 3.65. The van der Waals surface area contributed by atoms with Gasteiger partial charge in [0, 0.05) is 19.4 Å². The molecule has 316 valence electrons. The summed E-state index contributed by atoms with van der Waals surface area (Å²) in [4.78, 5) is 33.9. The second-order valence-corrected chi connectivity index (χ2v) is 15.4. The number of carbonyl (C=O) groups is 2. The summed E-state index contributed by atoms with van der Waals surface area (Å²) < 4.78 is 26.8. The van der Waals surface area contributed by atoms with Crippen molar-refractivity contribution in [1.82, 2.24) is 5.32 Å². The normalized spacial score (nSPS) is 14.0. The number of esters is 1. The Bertz CT molecular complexity index is 1130. The van der Waals surface area contributed by atoms with E-state index < -0.39 is 26.5 Å². The molecule has 10 heteroatoms. The molecule has 3 N–H and O–H groups in total. The first-order chi connectivity index (χ1) is 26.8. The molecule has 2 atom stereocenters. The third-order valence-corrected chi connectivity index (χ3v) is 9.60. The van der Waals surface area contributed by atoms with Gasteiger partial charge in [-0.25, -0.2) is 4.57 Å². The molecule has 9 nitrogen and oxygen atoms in total. The molecule has 1 amide bonds. The number of hydrogen-bond acceptors (Lipinski definition) is 7. The average Bonchev–Trinajstić information content (AvgIpc) is 3.17. The minimum Gasteiger partial charge on any atom is -0.463 e. The van der Waals surface area contributed by atoms with Crippen LogP contribution in [-0.2, 0) is 27.9 Å². The Labute approximate surface area is 335 Å². The average molecular weight is 792 g/mol. The lowest BCUT2D eigenvalue weighted by molar-refractivity contribution is -0.147. The third-order valence-electron chi connectivity index (χ3n) is 8.62. The van der Waals surface area contributed by atoms with E-state index in [-0.39, 0.29) is 32.1 Å². The lowest BCUT2D eigenvalue weighted by Crippen LogP contribution is -2.27. The number of allylic oxidation sites excluding steroid dienone is 12. The number of phosphoric ester groups is 1. The molecule has 0 saturated carbocycles. The molecule has 0 heterocycles. The van der Waals surface area contributed by atoms with Crippen LogP contribution in [0.3, 0.4) is 0 Å². The fourth-order valence-corrected chi connectivity index (χ4v) is 6.16. The first kappa shape index (κ1) is 52.5. The van der Waals surface area contributed by atoms with Crippen LogP contribution >= 0.6 is 7.82 Å². The summed E-state index contributed by atoms with van der Waals surface area (Å²) in [6.07, 6.45) is 49.8. The quantitative estimate of drug-likeness (QED) is 0.0243. The van der Waals surface area contributed by atoms with E-state index in [0.717, 1.165) is 77.0 Å². The summed E-state index contributed by atoms with van der Waals surface area (Å²) in [5.74, 6) is -0.559. The maximum absolute atomic E-state index is 12.1.